The van der Waals surface area contributed by atoms with E-state index in [2.05, 4.69) is 9.72 Å². The number of esters is 1. The highest BCUT2D eigenvalue weighted by atomic mass is 19.1. The Morgan fingerprint density at radius 1 is 1.47 bits per heavy atom. The minimum atomic E-state index is -0.678. The first kappa shape index (κ1) is 11.3. The van der Waals surface area contributed by atoms with E-state index in [1.165, 1.54) is 13.2 Å². The summed E-state index contributed by atoms with van der Waals surface area (Å²) in [6.45, 7) is 1.59. The third-order valence-electron chi connectivity index (χ3n) is 2.48. The maximum absolute atomic E-state index is 13.8. The Labute approximate surface area is 96.7 Å². The summed E-state index contributed by atoms with van der Waals surface area (Å²) in [5, 5.41) is 9.73. The molecule has 1 aromatic carbocycles. The molecular formula is C12H10FNO3. The normalized spacial score (nSPS) is 10.5. The maximum Gasteiger partial charge on any atom is 0.356 e. The number of halogens is 1. The molecule has 2 rings (SSSR count). The van der Waals surface area contributed by atoms with Crippen LogP contribution in [-0.4, -0.2) is 23.2 Å². The minimum absolute atomic E-state index is 0.0117. The number of aromatic hydroxyl groups is 1. The van der Waals surface area contributed by atoms with Crippen LogP contribution < -0.4 is 0 Å². The van der Waals surface area contributed by atoms with Gasteiger partial charge in [0, 0.05) is 6.07 Å². The number of hydrogen-bond donors (Lipinski definition) is 1. The van der Waals surface area contributed by atoms with Crippen LogP contribution in [0.3, 0.4) is 0 Å². The lowest BCUT2D eigenvalue weighted by Crippen LogP contribution is -2.04. The Morgan fingerprint density at radius 2 is 2.18 bits per heavy atom. The van der Waals surface area contributed by atoms with E-state index in [-0.39, 0.29) is 22.3 Å². The molecule has 1 N–H and O–H groups in total. The van der Waals surface area contributed by atoms with Crippen molar-refractivity contribution in [2.24, 2.45) is 0 Å². The molecule has 0 fully saturated rings. The molecule has 0 bridgehead atoms. The number of aromatic nitrogens is 1. The van der Waals surface area contributed by atoms with Gasteiger partial charge in [-0.05, 0) is 18.6 Å². The average Bonchev–Trinajstić information content (AvgIpc) is 2.32. The summed E-state index contributed by atoms with van der Waals surface area (Å²) in [6.07, 6.45) is 0. The second kappa shape index (κ2) is 4.01. The van der Waals surface area contributed by atoms with Gasteiger partial charge in [0.2, 0.25) is 0 Å². The summed E-state index contributed by atoms with van der Waals surface area (Å²) in [5.74, 6) is -1.54. The number of ether oxygens (including phenoxy) is 1. The SMILES string of the molecule is COC(=O)c1cc(O)c2c(F)c(C)ccc2n1. The molecule has 0 aliphatic carbocycles. The zero-order chi connectivity index (χ0) is 12.6. The van der Waals surface area contributed by atoms with Crippen LogP contribution >= 0.6 is 0 Å². The van der Waals surface area contributed by atoms with E-state index in [4.69, 9.17) is 0 Å². The molecule has 0 spiro atoms. The van der Waals surface area contributed by atoms with Crippen molar-refractivity contribution in [3.8, 4) is 5.75 Å². The van der Waals surface area contributed by atoms with Gasteiger partial charge in [-0.1, -0.05) is 6.07 Å². The molecule has 0 aliphatic rings. The quantitative estimate of drug-likeness (QED) is 0.769. The minimum Gasteiger partial charge on any atom is -0.507 e. The molecule has 1 heterocycles. The van der Waals surface area contributed by atoms with E-state index in [0.717, 1.165) is 6.07 Å². The Hall–Kier alpha value is -2.17. The fourth-order valence-corrected chi connectivity index (χ4v) is 1.58. The van der Waals surface area contributed by atoms with E-state index >= 15 is 0 Å². The Morgan fingerprint density at radius 3 is 2.82 bits per heavy atom. The van der Waals surface area contributed by atoms with Crippen LogP contribution in [0.2, 0.25) is 0 Å². The maximum atomic E-state index is 13.8. The lowest BCUT2D eigenvalue weighted by atomic mass is 10.1. The highest BCUT2D eigenvalue weighted by molar-refractivity contribution is 5.94. The van der Waals surface area contributed by atoms with Crippen LogP contribution in [0.1, 0.15) is 16.1 Å². The summed E-state index contributed by atoms with van der Waals surface area (Å²) < 4.78 is 18.2. The van der Waals surface area contributed by atoms with Crippen molar-refractivity contribution >= 4 is 16.9 Å². The predicted octanol–water partition coefficient (Wildman–Crippen LogP) is 2.17. The summed E-state index contributed by atoms with van der Waals surface area (Å²) in [4.78, 5) is 15.2. The highest BCUT2D eigenvalue weighted by Gasteiger charge is 2.15. The number of benzene rings is 1. The molecule has 0 unspecified atom stereocenters. The van der Waals surface area contributed by atoms with Crippen molar-refractivity contribution in [2.75, 3.05) is 7.11 Å². The van der Waals surface area contributed by atoms with Gasteiger partial charge in [0.1, 0.15) is 11.6 Å². The van der Waals surface area contributed by atoms with Gasteiger partial charge in [-0.2, -0.15) is 0 Å². The van der Waals surface area contributed by atoms with E-state index < -0.39 is 11.8 Å². The number of fused-ring (bicyclic) bond motifs is 1. The van der Waals surface area contributed by atoms with Crippen LogP contribution in [0, 0.1) is 12.7 Å². The lowest BCUT2D eigenvalue weighted by molar-refractivity contribution is 0.0594. The van der Waals surface area contributed by atoms with E-state index in [9.17, 15) is 14.3 Å². The van der Waals surface area contributed by atoms with Crippen LogP contribution in [0.25, 0.3) is 10.9 Å². The molecule has 88 valence electrons. The van der Waals surface area contributed by atoms with Crippen molar-refractivity contribution in [2.45, 2.75) is 6.92 Å². The van der Waals surface area contributed by atoms with Crippen molar-refractivity contribution in [3.05, 3.63) is 35.3 Å². The molecule has 2 aromatic rings. The van der Waals surface area contributed by atoms with Crippen molar-refractivity contribution < 1.29 is 19.0 Å². The van der Waals surface area contributed by atoms with Gasteiger partial charge in [0.15, 0.2) is 5.69 Å². The van der Waals surface area contributed by atoms with E-state index in [1.807, 2.05) is 0 Å². The number of nitrogens with zero attached hydrogens (tertiary/aromatic N) is 1. The topological polar surface area (TPSA) is 59.4 Å². The molecule has 0 saturated carbocycles. The van der Waals surface area contributed by atoms with Gasteiger partial charge in [-0.25, -0.2) is 14.2 Å². The molecule has 5 heteroatoms. The first-order chi connectivity index (χ1) is 8.04. The molecule has 0 saturated heterocycles. The van der Waals surface area contributed by atoms with Crippen LogP contribution in [-0.2, 0) is 4.74 Å². The van der Waals surface area contributed by atoms with Gasteiger partial charge < -0.3 is 9.84 Å². The van der Waals surface area contributed by atoms with Crippen molar-refractivity contribution in [3.63, 3.8) is 0 Å². The van der Waals surface area contributed by atoms with Crippen molar-refractivity contribution in [1.82, 2.24) is 4.98 Å². The standard InChI is InChI=1S/C12H10FNO3/c1-6-3-4-7-10(11(6)13)9(15)5-8(14-7)12(16)17-2/h3-5H,1-2H3,(H,14,15). The second-order valence-corrected chi connectivity index (χ2v) is 3.61. The van der Waals surface area contributed by atoms with Gasteiger partial charge in [0.05, 0.1) is 18.0 Å². The number of pyridine rings is 1. The van der Waals surface area contributed by atoms with Crippen LogP contribution in [0.5, 0.6) is 5.75 Å². The highest BCUT2D eigenvalue weighted by Crippen LogP contribution is 2.28. The van der Waals surface area contributed by atoms with Gasteiger partial charge in [-0.3, -0.25) is 0 Å². The van der Waals surface area contributed by atoms with Crippen LogP contribution in [0.4, 0.5) is 4.39 Å². The number of hydrogen-bond acceptors (Lipinski definition) is 4. The van der Waals surface area contributed by atoms with Crippen LogP contribution in [0.15, 0.2) is 18.2 Å². The third kappa shape index (κ3) is 1.80. The number of aryl methyl sites for hydroxylation is 1. The number of rotatable bonds is 1. The number of carbonyl (C=O) groups is 1. The average molecular weight is 235 g/mol. The largest absolute Gasteiger partial charge is 0.507 e. The van der Waals surface area contributed by atoms with Gasteiger partial charge >= 0.3 is 5.97 Å². The Balaban J connectivity index is 2.76. The smallest absolute Gasteiger partial charge is 0.356 e. The molecule has 0 radical (unpaired) electrons. The first-order valence-electron chi connectivity index (χ1n) is 4.91. The molecule has 1 aromatic heterocycles. The zero-order valence-electron chi connectivity index (χ0n) is 9.32. The van der Waals surface area contributed by atoms with Crippen molar-refractivity contribution in [1.29, 1.82) is 0 Å². The van der Waals surface area contributed by atoms with Gasteiger partial charge in [-0.15, -0.1) is 0 Å². The molecule has 0 atom stereocenters. The third-order valence-corrected chi connectivity index (χ3v) is 2.48. The van der Waals surface area contributed by atoms with Gasteiger partial charge in [0.25, 0.3) is 0 Å². The Bertz CT molecular complexity index is 610. The summed E-state index contributed by atoms with van der Waals surface area (Å²) in [7, 11) is 1.21. The zero-order valence-corrected chi connectivity index (χ0v) is 9.32. The first-order valence-corrected chi connectivity index (χ1v) is 4.91. The number of carbonyl (C=O) groups excluding carboxylic acids is 1. The number of methoxy groups -OCH3 is 1. The molecular weight excluding hydrogens is 225 g/mol. The van der Waals surface area contributed by atoms with E-state index in [1.54, 1.807) is 13.0 Å². The lowest BCUT2D eigenvalue weighted by Gasteiger charge is -2.06. The molecule has 4 nitrogen and oxygen atoms in total. The predicted molar refractivity (Wildman–Crippen MR) is 59.4 cm³/mol. The monoisotopic (exact) mass is 235 g/mol. The molecule has 0 amide bonds. The summed E-state index contributed by atoms with van der Waals surface area (Å²) in [5.41, 5.74) is 0.565. The summed E-state index contributed by atoms with van der Waals surface area (Å²) >= 11 is 0. The summed E-state index contributed by atoms with van der Waals surface area (Å²) in [6, 6.07) is 4.17. The Kier molecular flexibility index (Phi) is 2.67. The fraction of sp³-hybridized carbons (Fsp3) is 0.167. The van der Waals surface area contributed by atoms with E-state index in [0.29, 0.717) is 5.56 Å². The fourth-order valence-electron chi connectivity index (χ4n) is 1.58. The molecule has 0 aliphatic heterocycles. The molecule has 17 heavy (non-hydrogen) atoms. The second-order valence-electron chi connectivity index (χ2n) is 3.61.